The summed E-state index contributed by atoms with van der Waals surface area (Å²) in [6.45, 7) is 0.306. The van der Waals surface area contributed by atoms with E-state index in [-0.39, 0.29) is 29.9 Å². The number of rotatable bonds is 9. The van der Waals surface area contributed by atoms with Gasteiger partial charge in [-0.1, -0.05) is 18.6 Å². The Balaban J connectivity index is 1.37. The lowest BCUT2D eigenvalue weighted by Crippen LogP contribution is -2.30. The van der Waals surface area contributed by atoms with E-state index in [2.05, 4.69) is 10.1 Å². The number of unbranched alkanes of at least 4 members (excludes halogenated alkanes) is 2. The number of carbonyl (C=O) groups excluding carboxylic acids is 3. The first-order chi connectivity index (χ1) is 14.2. The van der Waals surface area contributed by atoms with Crippen molar-refractivity contribution in [2.75, 3.05) is 11.9 Å². The van der Waals surface area contributed by atoms with E-state index in [0.717, 1.165) is 0 Å². The molecule has 0 aromatic heterocycles. The minimum atomic E-state index is -3.79. The third-order valence-corrected chi connectivity index (χ3v) is 4.61. The summed E-state index contributed by atoms with van der Waals surface area (Å²) in [6.07, 6.45) is 2.09. The summed E-state index contributed by atoms with van der Waals surface area (Å²) < 4.78 is 29.3. The summed E-state index contributed by atoms with van der Waals surface area (Å²) >= 11 is 4.69. The van der Waals surface area contributed by atoms with Crippen LogP contribution in [0.2, 0.25) is 0 Å². The molecule has 0 radical (unpaired) electrons. The van der Waals surface area contributed by atoms with Crippen molar-refractivity contribution in [3.63, 3.8) is 0 Å². The average Bonchev–Trinajstić information content (AvgIpc) is 2.93. The molecule has 0 fully saturated rings. The molecule has 0 atom stereocenters. The molecule has 2 aromatic carbocycles. The molecule has 0 bridgehead atoms. The number of nitrogens with one attached hydrogen (secondary N) is 1. The minimum absolute atomic E-state index is 0.124. The second-order valence-electron chi connectivity index (χ2n) is 6.74. The standard InChI is InChI=1S/C21H19ClF2N2O4/c22-21(23,24)30-15-11-9-14(10-12-15)25-18(27)8-2-1-5-13-26-19(28)16-6-3-4-7-17(16)20(26)29/h3-4,6-7,9-12H,1-2,5,8,13H2,(H,25,27). The van der Waals surface area contributed by atoms with E-state index in [0.29, 0.717) is 42.6 Å². The summed E-state index contributed by atoms with van der Waals surface area (Å²) in [5.41, 5.74) is -2.50. The molecule has 30 heavy (non-hydrogen) atoms. The van der Waals surface area contributed by atoms with E-state index in [4.69, 9.17) is 11.6 Å². The van der Waals surface area contributed by atoms with E-state index in [1.807, 2.05) is 0 Å². The minimum Gasteiger partial charge on any atom is -0.420 e. The van der Waals surface area contributed by atoms with Crippen LogP contribution in [0.5, 0.6) is 5.75 Å². The van der Waals surface area contributed by atoms with Gasteiger partial charge in [-0.3, -0.25) is 19.3 Å². The molecule has 0 unspecified atom stereocenters. The predicted octanol–water partition coefficient (Wildman–Crippen LogP) is 4.65. The van der Waals surface area contributed by atoms with Gasteiger partial charge in [-0.2, -0.15) is 0 Å². The zero-order valence-corrected chi connectivity index (χ0v) is 16.6. The number of alkyl halides is 3. The number of nitrogens with zero attached hydrogens (tertiary/aromatic N) is 1. The van der Waals surface area contributed by atoms with E-state index < -0.39 is 5.57 Å². The lowest BCUT2D eigenvalue weighted by molar-refractivity contribution is -0.116. The van der Waals surface area contributed by atoms with Crippen molar-refractivity contribution >= 4 is 35.0 Å². The summed E-state index contributed by atoms with van der Waals surface area (Å²) in [6, 6.07) is 12.1. The molecule has 0 aliphatic carbocycles. The Hall–Kier alpha value is -3.00. The number of halogens is 3. The summed E-state index contributed by atoms with van der Waals surface area (Å²) in [7, 11) is 0. The van der Waals surface area contributed by atoms with Crippen LogP contribution in [0.15, 0.2) is 48.5 Å². The van der Waals surface area contributed by atoms with Crippen LogP contribution in [0.3, 0.4) is 0 Å². The summed E-state index contributed by atoms with van der Waals surface area (Å²) in [5.74, 6) is -0.923. The van der Waals surface area contributed by atoms with Gasteiger partial charge >= 0.3 is 5.57 Å². The molecule has 0 spiro atoms. The van der Waals surface area contributed by atoms with Crippen LogP contribution < -0.4 is 10.1 Å². The third kappa shape index (κ3) is 5.54. The van der Waals surface area contributed by atoms with Gasteiger partial charge in [-0.15, -0.1) is 8.78 Å². The Kier molecular flexibility index (Phi) is 6.66. The normalized spacial score (nSPS) is 13.4. The maximum atomic E-state index is 12.6. The SMILES string of the molecule is O=C(CCCCCN1C(=O)c2ccccc2C1=O)Nc1ccc(OC(F)(F)Cl)cc1. The zero-order chi connectivity index (χ0) is 21.7. The Morgan fingerprint density at radius 2 is 1.57 bits per heavy atom. The highest BCUT2D eigenvalue weighted by Crippen LogP contribution is 2.26. The zero-order valence-electron chi connectivity index (χ0n) is 15.9. The molecule has 2 aromatic rings. The number of fused-ring (bicyclic) bond motifs is 1. The highest BCUT2D eigenvalue weighted by atomic mass is 35.5. The van der Waals surface area contributed by atoms with Crippen molar-refractivity contribution in [3.8, 4) is 5.75 Å². The first-order valence-corrected chi connectivity index (χ1v) is 9.73. The number of hydrogen-bond donors (Lipinski definition) is 1. The molecular formula is C21H19ClF2N2O4. The number of hydrogen-bond acceptors (Lipinski definition) is 4. The van der Waals surface area contributed by atoms with Crippen LogP contribution in [0.25, 0.3) is 0 Å². The Morgan fingerprint density at radius 1 is 0.967 bits per heavy atom. The van der Waals surface area contributed by atoms with Gasteiger partial charge in [0.2, 0.25) is 5.91 Å². The van der Waals surface area contributed by atoms with Gasteiger partial charge in [0, 0.05) is 30.3 Å². The van der Waals surface area contributed by atoms with Crippen LogP contribution in [0.4, 0.5) is 14.5 Å². The number of benzene rings is 2. The molecule has 6 nitrogen and oxygen atoms in total. The van der Waals surface area contributed by atoms with Crippen LogP contribution in [-0.4, -0.2) is 34.7 Å². The van der Waals surface area contributed by atoms with Gasteiger partial charge in [-0.25, -0.2) is 0 Å². The number of amides is 3. The van der Waals surface area contributed by atoms with Gasteiger partial charge in [0.05, 0.1) is 11.1 Å². The number of anilines is 1. The van der Waals surface area contributed by atoms with Gasteiger partial charge in [0.1, 0.15) is 5.75 Å². The fraction of sp³-hybridized carbons (Fsp3) is 0.286. The Labute approximate surface area is 176 Å². The third-order valence-electron chi connectivity index (χ3n) is 4.54. The lowest BCUT2D eigenvalue weighted by Gasteiger charge is -2.13. The van der Waals surface area contributed by atoms with Crippen LogP contribution >= 0.6 is 11.6 Å². The molecule has 3 amide bonds. The molecule has 0 saturated heterocycles. The van der Waals surface area contributed by atoms with Crippen molar-refractivity contribution in [2.24, 2.45) is 0 Å². The predicted molar refractivity (Wildman–Crippen MR) is 107 cm³/mol. The fourth-order valence-corrected chi connectivity index (χ4v) is 3.23. The number of carbonyl (C=O) groups is 3. The van der Waals surface area contributed by atoms with Crippen LogP contribution in [-0.2, 0) is 4.79 Å². The maximum absolute atomic E-state index is 12.6. The largest absolute Gasteiger partial charge is 0.487 e. The van der Waals surface area contributed by atoms with Crippen LogP contribution in [0.1, 0.15) is 46.4 Å². The fourth-order valence-electron chi connectivity index (χ4n) is 3.14. The molecule has 9 heteroatoms. The molecule has 1 aliphatic rings. The second kappa shape index (κ2) is 9.21. The van der Waals surface area contributed by atoms with Gasteiger partial charge in [0.15, 0.2) is 0 Å². The molecule has 158 valence electrons. The molecule has 3 rings (SSSR count). The monoisotopic (exact) mass is 436 g/mol. The van der Waals surface area contributed by atoms with E-state index >= 15 is 0 Å². The molecule has 1 aliphatic heterocycles. The smallest absolute Gasteiger partial charge is 0.420 e. The summed E-state index contributed by atoms with van der Waals surface area (Å²) in [5, 5.41) is 2.66. The van der Waals surface area contributed by atoms with E-state index in [9.17, 15) is 23.2 Å². The van der Waals surface area contributed by atoms with E-state index in [1.54, 1.807) is 24.3 Å². The average molecular weight is 437 g/mol. The second-order valence-corrected chi connectivity index (χ2v) is 7.18. The first kappa shape index (κ1) is 21.7. The first-order valence-electron chi connectivity index (χ1n) is 9.35. The molecule has 0 saturated carbocycles. The highest BCUT2D eigenvalue weighted by molar-refractivity contribution is 6.21. The Bertz CT molecular complexity index is 910. The lowest BCUT2D eigenvalue weighted by atomic mass is 10.1. The molecule has 1 heterocycles. The van der Waals surface area contributed by atoms with Crippen molar-refractivity contribution < 1.29 is 27.9 Å². The maximum Gasteiger partial charge on any atom is 0.487 e. The molecular weight excluding hydrogens is 418 g/mol. The Morgan fingerprint density at radius 3 is 2.13 bits per heavy atom. The quantitative estimate of drug-likeness (QED) is 0.352. The van der Waals surface area contributed by atoms with Gasteiger partial charge in [-0.05, 0) is 49.2 Å². The van der Waals surface area contributed by atoms with Gasteiger partial charge < -0.3 is 10.1 Å². The van der Waals surface area contributed by atoms with Crippen molar-refractivity contribution in [2.45, 2.75) is 31.3 Å². The van der Waals surface area contributed by atoms with Crippen LogP contribution in [0, 0.1) is 0 Å². The summed E-state index contributed by atoms with van der Waals surface area (Å²) in [4.78, 5) is 37.8. The number of imide groups is 1. The van der Waals surface area contributed by atoms with E-state index in [1.165, 1.54) is 29.2 Å². The number of ether oxygens (including phenoxy) is 1. The van der Waals surface area contributed by atoms with Crippen molar-refractivity contribution in [1.82, 2.24) is 4.90 Å². The topological polar surface area (TPSA) is 75.7 Å². The van der Waals surface area contributed by atoms with Crippen molar-refractivity contribution in [3.05, 3.63) is 59.7 Å². The van der Waals surface area contributed by atoms with Gasteiger partial charge in [0.25, 0.3) is 11.8 Å². The van der Waals surface area contributed by atoms with Crippen molar-refractivity contribution in [1.29, 1.82) is 0 Å². The highest BCUT2D eigenvalue weighted by Gasteiger charge is 2.34. The molecule has 1 N–H and O–H groups in total.